The van der Waals surface area contributed by atoms with Crippen LogP contribution in [0.2, 0.25) is 0 Å². The molecule has 11 rings (SSSR count). The first kappa shape index (κ1) is 32.4. The quantitative estimate of drug-likeness (QED) is 0.166. The SMILES string of the molecule is c1ccc(-c2ccc(-c3cccc(-c4cccc5c4sc4c(-c6cccc(-c7cccc(-c8cccc9c8oc8ccccc89)c7)c6)cccc45)c3)cc2)cc1. The first-order valence-electron chi connectivity index (χ1n) is 19.1. The number of furan rings is 1. The van der Waals surface area contributed by atoms with Gasteiger partial charge in [0.2, 0.25) is 0 Å². The van der Waals surface area contributed by atoms with Crippen molar-refractivity contribution in [1.29, 1.82) is 0 Å². The highest BCUT2D eigenvalue weighted by Crippen LogP contribution is 2.45. The van der Waals surface area contributed by atoms with Crippen molar-refractivity contribution in [2.75, 3.05) is 0 Å². The van der Waals surface area contributed by atoms with Gasteiger partial charge in [-0.1, -0.05) is 182 Å². The van der Waals surface area contributed by atoms with Crippen LogP contribution in [0.25, 0.3) is 109 Å². The summed E-state index contributed by atoms with van der Waals surface area (Å²) < 4.78 is 9.03. The van der Waals surface area contributed by atoms with E-state index >= 15 is 0 Å². The maximum absolute atomic E-state index is 6.41. The predicted octanol–water partition coefficient (Wildman–Crippen LogP) is 16.0. The second kappa shape index (κ2) is 13.4. The molecule has 0 bridgehead atoms. The molecule has 2 heteroatoms. The molecule has 0 aliphatic heterocycles. The summed E-state index contributed by atoms with van der Waals surface area (Å²) in [5.41, 5.74) is 16.3. The lowest BCUT2D eigenvalue weighted by molar-refractivity contribution is 0.670. The predicted molar refractivity (Wildman–Crippen MR) is 239 cm³/mol. The van der Waals surface area contributed by atoms with Crippen LogP contribution in [0.1, 0.15) is 0 Å². The maximum atomic E-state index is 6.41. The highest BCUT2D eigenvalue weighted by atomic mass is 32.1. The minimum atomic E-state index is 0.917. The Balaban J connectivity index is 0.959. The van der Waals surface area contributed by atoms with Crippen molar-refractivity contribution in [1.82, 2.24) is 0 Å². The van der Waals surface area contributed by atoms with Crippen molar-refractivity contribution in [3.05, 3.63) is 206 Å². The number of thiophene rings is 1. The fourth-order valence-corrected chi connectivity index (χ4v) is 9.71. The van der Waals surface area contributed by atoms with E-state index < -0.39 is 0 Å². The van der Waals surface area contributed by atoms with Crippen LogP contribution in [0.4, 0.5) is 0 Å². The molecule has 0 spiro atoms. The molecule has 2 aromatic heterocycles. The Hall–Kier alpha value is -7.00. The highest BCUT2D eigenvalue weighted by Gasteiger charge is 2.16. The number of hydrogen-bond donors (Lipinski definition) is 0. The Bertz CT molecular complexity index is 3240. The van der Waals surface area contributed by atoms with Gasteiger partial charge in [0.15, 0.2) is 0 Å². The van der Waals surface area contributed by atoms with Gasteiger partial charge in [0.1, 0.15) is 11.2 Å². The first-order valence-corrected chi connectivity index (χ1v) is 19.9. The van der Waals surface area contributed by atoms with Gasteiger partial charge in [-0.25, -0.2) is 0 Å². The Morgan fingerprint density at radius 2 is 0.661 bits per heavy atom. The number of para-hydroxylation sites is 2. The second-order valence-corrected chi connectivity index (χ2v) is 15.5. The van der Waals surface area contributed by atoms with E-state index in [2.05, 4.69) is 194 Å². The molecular formula is C54H34OS. The van der Waals surface area contributed by atoms with E-state index in [1.807, 2.05) is 23.5 Å². The molecule has 0 N–H and O–H groups in total. The smallest absolute Gasteiger partial charge is 0.143 e. The molecule has 0 saturated heterocycles. The molecule has 0 saturated carbocycles. The van der Waals surface area contributed by atoms with Crippen molar-refractivity contribution in [3.8, 4) is 66.8 Å². The summed E-state index contributed by atoms with van der Waals surface area (Å²) in [4.78, 5) is 0. The third kappa shape index (κ3) is 5.54. The lowest BCUT2D eigenvalue weighted by Crippen LogP contribution is -1.84. The van der Waals surface area contributed by atoms with Crippen LogP contribution in [-0.4, -0.2) is 0 Å². The molecule has 1 nitrogen and oxygen atoms in total. The molecule has 0 aliphatic carbocycles. The van der Waals surface area contributed by atoms with E-state index in [1.54, 1.807) is 0 Å². The van der Waals surface area contributed by atoms with Gasteiger partial charge in [0.25, 0.3) is 0 Å². The van der Waals surface area contributed by atoms with Gasteiger partial charge in [0, 0.05) is 36.5 Å². The molecule has 0 atom stereocenters. The fourth-order valence-electron chi connectivity index (χ4n) is 8.33. The summed E-state index contributed by atoms with van der Waals surface area (Å²) in [6, 6.07) is 74.5. The van der Waals surface area contributed by atoms with Gasteiger partial charge in [-0.2, -0.15) is 0 Å². The zero-order valence-corrected chi connectivity index (χ0v) is 31.3. The third-order valence-corrected chi connectivity index (χ3v) is 12.4. The summed E-state index contributed by atoms with van der Waals surface area (Å²) in [7, 11) is 0. The van der Waals surface area contributed by atoms with E-state index in [9.17, 15) is 0 Å². The molecule has 2 heterocycles. The molecule has 56 heavy (non-hydrogen) atoms. The first-order chi connectivity index (χ1) is 27.7. The van der Waals surface area contributed by atoms with Crippen molar-refractivity contribution < 1.29 is 4.42 Å². The van der Waals surface area contributed by atoms with Gasteiger partial charge in [0.05, 0.1) is 0 Å². The average molecular weight is 731 g/mol. The summed E-state index contributed by atoms with van der Waals surface area (Å²) >= 11 is 1.90. The molecule has 0 amide bonds. The number of hydrogen-bond acceptors (Lipinski definition) is 2. The van der Waals surface area contributed by atoms with Crippen molar-refractivity contribution in [2.24, 2.45) is 0 Å². The molecule has 262 valence electrons. The van der Waals surface area contributed by atoms with Crippen LogP contribution in [-0.2, 0) is 0 Å². The lowest BCUT2D eigenvalue weighted by atomic mass is 9.95. The Kier molecular flexibility index (Phi) is 7.75. The molecule has 0 radical (unpaired) electrons. The normalized spacial score (nSPS) is 11.6. The summed E-state index contributed by atoms with van der Waals surface area (Å²) in [6.45, 7) is 0. The standard InChI is InChI=1S/C54H34OS/c1-2-12-35(13-3-1)36-28-30-37(31-29-36)38-14-6-18-42(32-38)45-22-10-25-49-50-26-11-23-46(54(50)56-53(45)49)43-19-8-16-40(34-43)39-15-7-17-41(33-39)44-21-9-24-48-47-20-4-5-27-51(47)55-52(44)48/h1-34H. The van der Waals surface area contributed by atoms with Crippen LogP contribution in [0, 0.1) is 0 Å². The topological polar surface area (TPSA) is 13.1 Å². The largest absolute Gasteiger partial charge is 0.455 e. The Labute approximate surface area is 329 Å². The monoisotopic (exact) mass is 730 g/mol. The summed E-state index contributed by atoms with van der Waals surface area (Å²) in [5, 5.41) is 4.88. The van der Waals surface area contributed by atoms with Crippen molar-refractivity contribution in [2.45, 2.75) is 0 Å². The molecule has 0 unspecified atom stereocenters. The van der Waals surface area contributed by atoms with E-state index in [0.717, 1.165) is 33.1 Å². The zero-order chi connectivity index (χ0) is 37.0. The van der Waals surface area contributed by atoms with Gasteiger partial charge in [-0.05, 0) is 85.5 Å². The van der Waals surface area contributed by atoms with Gasteiger partial charge in [-0.3, -0.25) is 0 Å². The minimum absolute atomic E-state index is 0.917. The summed E-state index contributed by atoms with van der Waals surface area (Å²) in [6.07, 6.45) is 0. The number of rotatable bonds is 6. The molecule has 11 aromatic rings. The number of benzene rings is 9. The minimum Gasteiger partial charge on any atom is -0.455 e. The van der Waals surface area contributed by atoms with E-state index in [-0.39, 0.29) is 0 Å². The zero-order valence-electron chi connectivity index (χ0n) is 30.4. The molecule has 9 aromatic carbocycles. The van der Waals surface area contributed by atoms with Crippen molar-refractivity contribution >= 4 is 53.4 Å². The average Bonchev–Trinajstić information content (AvgIpc) is 3.86. The lowest BCUT2D eigenvalue weighted by Gasteiger charge is -2.09. The van der Waals surface area contributed by atoms with Crippen LogP contribution in [0.3, 0.4) is 0 Å². The Morgan fingerprint density at radius 1 is 0.268 bits per heavy atom. The van der Waals surface area contributed by atoms with Crippen LogP contribution in [0.15, 0.2) is 211 Å². The van der Waals surface area contributed by atoms with E-state index in [4.69, 9.17) is 4.42 Å². The van der Waals surface area contributed by atoms with Crippen LogP contribution >= 0.6 is 11.3 Å². The number of fused-ring (bicyclic) bond motifs is 6. The molecular weight excluding hydrogens is 697 g/mol. The fraction of sp³-hybridized carbons (Fsp3) is 0. The van der Waals surface area contributed by atoms with E-state index in [1.165, 1.54) is 75.8 Å². The Morgan fingerprint density at radius 3 is 1.27 bits per heavy atom. The summed E-state index contributed by atoms with van der Waals surface area (Å²) in [5.74, 6) is 0. The van der Waals surface area contributed by atoms with Gasteiger partial charge < -0.3 is 4.42 Å². The molecule has 0 aliphatic rings. The maximum Gasteiger partial charge on any atom is 0.143 e. The highest BCUT2D eigenvalue weighted by molar-refractivity contribution is 7.26. The molecule has 0 fully saturated rings. The van der Waals surface area contributed by atoms with Crippen LogP contribution < -0.4 is 0 Å². The van der Waals surface area contributed by atoms with E-state index in [0.29, 0.717) is 0 Å². The third-order valence-electron chi connectivity index (χ3n) is 11.1. The van der Waals surface area contributed by atoms with Crippen LogP contribution in [0.5, 0.6) is 0 Å². The van der Waals surface area contributed by atoms with Gasteiger partial charge in [-0.15, -0.1) is 11.3 Å². The second-order valence-electron chi connectivity index (χ2n) is 14.4. The van der Waals surface area contributed by atoms with Gasteiger partial charge >= 0.3 is 0 Å². The van der Waals surface area contributed by atoms with Crippen molar-refractivity contribution in [3.63, 3.8) is 0 Å².